The lowest BCUT2D eigenvalue weighted by molar-refractivity contribution is -0.157. The molecule has 1 fully saturated rings. The Balaban J connectivity index is 2.88. The van der Waals surface area contributed by atoms with Crippen LogP contribution in [-0.4, -0.2) is 16.9 Å². The van der Waals surface area contributed by atoms with Crippen LogP contribution in [0.15, 0.2) is 0 Å². The van der Waals surface area contributed by atoms with Crippen molar-refractivity contribution < 1.29 is 14.7 Å². The van der Waals surface area contributed by atoms with Crippen molar-refractivity contribution >= 4 is 11.8 Å². The van der Waals surface area contributed by atoms with Crippen LogP contribution in [0.1, 0.15) is 33.1 Å². The van der Waals surface area contributed by atoms with Gasteiger partial charge in [0.05, 0.1) is 5.41 Å². The van der Waals surface area contributed by atoms with Crippen molar-refractivity contribution in [1.29, 1.82) is 0 Å². The first kappa shape index (κ1) is 9.23. The Labute approximate surface area is 71.8 Å². The van der Waals surface area contributed by atoms with E-state index in [1.54, 1.807) is 13.8 Å². The molecule has 0 spiro atoms. The van der Waals surface area contributed by atoms with E-state index in [0.29, 0.717) is 19.3 Å². The van der Waals surface area contributed by atoms with E-state index in [2.05, 4.69) is 0 Å². The number of carbonyl (C=O) groups excluding carboxylic acids is 1. The van der Waals surface area contributed by atoms with Crippen LogP contribution in [0.2, 0.25) is 0 Å². The second-order valence-corrected chi connectivity index (χ2v) is 3.76. The second kappa shape index (κ2) is 2.88. The predicted molar refractivity (Wildman–Crippen MR) is 43.8 cm³/mol. The predicted octanol–water partition coefficient (Wildman–Crippen LogP) is 1.47. The Morgan fingerprint density at radius 1 is 1.67 bits per heavy atom. The van der Waals surface area contributed by atoms with Crippen molar-refractivity contribution in [2.75, 3.05) is 0 Å². The monoisotopic (exact) mass is 170 g/mol. The van der Waals surface area contributed by atoms with Gasteiger partial charge >= 0.3 is 5.97 Å². The van der Waals surface area contributed by atoms with E-state index in [4.69, 9.17) is 5.11 Å². The van der Waals surface area contributed by atoms with Crippen LogP contribution < -0.4 is 0 Å². The molecule has 0 aromatic heterocycles. The molecule has 68 valence electrons. The fourth-order valence-corrected chi connectivity index (χ4v) is 1.71. The standard InChI is InChI=1S/C9H14O3/c1-6-7(10)4-3-5-9(6,2)8(11)12/h6H,3-5H2,1-2H3,(H,11,12). The van der Waals surface area contributed by atoms with E-state index in [9.17, 15) is 9.59 Å². The van der Waals surface area contributed by atoms with Crippen LogP contribution in [0.5, 0.6) is 0 Å². The summed E-state index contributed by atoms with van der Waals surface area (Å²) in [6.45, 7) is 3.38. The molecule has 12 heavy (non-hydrogen) atoms. The van der Waals surface area contributed by atoms with Gasteiger partial charge in [-0.25, -0.2) is 0 Å². The topological polar surface area (TPSA) is 54.4 Å². The molecule has 3 nitrogen and oxygen atoms in total. The molecule has 0 aliphatic heterocycles. The van der Waals surface area contributed by atoms with Gasteiger partial charge in [-0.2, -0.15) is 0 Å². The molecule has 0 aromatic rings. The molecule has 2 atom stereocenters. The fourth-order valence-electron chi connectivity index (χ4n) is 1.71. The summed E-state index contributed by atoms with van der Waals surface area (Å²) < 4.78 is 0. The van der Waals surface area contributed by atoms with E-state index in [1.807, 2.05) is 0 Å². The lowest BCUT2D eigenvalue weighted by Crippen LogP contribution is -2.41. The maximum Gasteiger partial charge on any atom is 0.310 e. The molecule has 0 amide bonds. The molecule has 3 heteroatoms. The van der Waals surface area contributed by atoms with Gasteiger partial charge in [-0.1, -0.05) is 6.92 Å². The molecule has 0 aromatic carbocycles. The van der Waals surface area contributed by atoms with Crippen molar-refractivity contribution in [1.82, 2.24) is 0 Å². The minimum absolute atomic E-state index is 0.0890. The molecule has 1 rings (SSSR count). The van der Waals surface area contributed by atoms with Crippen molar-refractivity contribution in [3.63, 3.8) is 0 Å². The summed E-state index contributed by atoms with van der Waals surface area (Å²) in [6.07, 6.45) is 1.88. The Hall–Kier alpha value is -0.860. The third-order valence-electron chi connectivity index (χ3n) is 3.05. The van der Waals surface area contributed by atoms with Crippen molar-refractivity contribution in [2.24, 2.45) is 11.3 Å². The summed E-state index contributed by atoms with van der Waals surface area (Å²) >= 11 is 0. The Morgan fingerprint density at radius 2 is 2.25 bits per heavy atom. The number of hydrogen-bond donors (Lipinski definition) is 1. The molecule has 0 bridgehead atoms. The van der Waals surface area contributed by atoms with E-state index >= 15 is 0 Å². The SMILES string of the molecule is CC1C(=O)CCCC1(C)C(=O)O. The molecule has 1 N–H and O–H groups in total. The highest BCUT2D eigenvalue weighted by atomic mass is 16.4. The largest absolute Gasteiger partial charge is 0.481 e. The summed E-state index contributed by atoms with van der Waals surface area (Å²) in [6, 6.07) is 0. The van der Waals surface area contributed by atoms with Gasteiger partial charge in [-0.15, -0.1) is 0 Å². The average Bonchev–Trinajstić information content (AvgIpc) is 2.00. The third kappa shape index (κ3) is 1.24. The van der Waals surface area contributed by atoms with Crippen molar-refractivity contribution in [2.45, 2.75) is 33.1 Å². The number of rotatable bonds is 1. The quantitative estimate of drug-likeness (QED) is 0.648. The smallest absolute Gasteiger partial charge is 0.310 e. The number of carbonyl (C=O) groups is 2. The summed E-state index contributed by atoms with van der Waals surface area (Å²) in [5.74, 6) is -1.09. The van der Waals surface area contributed by atoms with Crippen molar-refractivity contribution in [3.8, 4) is 0 Å². The Bertz CT molecular complexity index is 220. The number of carboxylic acids is 1. The molecule has 0 radical (unpaired) electrons. The normalized spacial score (nSPS) is 36.5. The highest BCUT2D eigenvalue weighted by molar-refractivity contribution is 5.89. The van der Waals surface area contributed by atoms with Crippen LogP contribution in [0.4, 0.5) is 0 Å². The molecule has 0 heterocycles. The maximum absolute atomic E-state index is 11.3. The molecular formula is C9H14O3. The highest BCUT2D eigenvalue weighted by Crippen LogP contribution is 2.38. The maximum atomic E-state index is 11.3. The van der Waals surface area contributed by atoms with E-state index in [0.717, 1.165) is 0 Å². The van der Waals surface area contributed by atoms with E-state index < -0.39 is 11.4 Å². The van der Waals surface area contributed by atoms with Gasteiger partial charge in [0.25, 0.3) is 0 Å². The third-order valence-corrected chi connectivity index (χ3v) is 3.05. The van der Waals surface area contributed by atoms with Gasteiger partial charge in [-0.3, -0.25) is 9.59 Å². The first-order chi connectivity index (χ1) is 5.48. The lowest BCUT2D eigenvalue weighted by Gasteiger charge is -2.34. The Kier molecular flexibility index (Phi) is 2.22. The van der Waals surface area contributed by atoms with Crippen LogP contribution >= 0.6 is 0 Å². The highest BCUT2D eigenvalue weighted by Gasteiger charge is 2.44. The summed E-state index contributed by atoms with van der Waals surface area (Å²) in [7, 11) is 0. The van der Waals surface area contributed by atoms with Crippen LogP contribution in [-0.2, 0) is 9.59 Å². The van der Waals surface area contributed by atoms with E-state index in [1.165, 1.54) is 0 Å². The first-order valence-electron chi connectivity index (χ1n) is 4.24. The zero-order valence-electron chi connectivity index (χ0n) is 7.46. The van der Waals surface area contributed by atoms with Gasteiger partial charge in [0.2, 0.25) is 0 Å². The zero-order chi connectivity index (χ0) is 9.35. The number of ketones is 1. The molecule has 0 saturated heterocycles. The number of carboxylic acid groups (broad SMARTS) is 1. The molecular weight excluding hydrogens is 156 g/mol. The lowest BCUT2D eigenvalue weighted by atomic mass is 9.68. The van der Waals surface area contributed by atoms with Crippen LogP contribution in [0.3, 0.4) is 0 Å². The van der Waals surface area contributed by atoms with Crippen molar-refractivity contribution in [3.05, 3.63) is 0 Å². The Morgan fingerprint density at radius 3 is 2.67 bits per heavy atom. The average molecular weight is 170 g/mol. The summed E-state index contributed by atoms with van der Waals surface area (Å²) in [4.78, 5) is 22.1. The van der Waals surface area contributed by atoms with Gasteiger partial charge in [0.1, 0.15) is 5.78 Å². The molecule has 1 aliphatic rings. The minimum Gasteiger partial charge on any atom is -0.481 e. The van der Waals surface area contributed by atoms with Crippen LogP contribution in [0.25, 0.3) is 0 Å². The summed E-state index contributed by atoms with van der Waals surface area (Å²) in [5, 5.41) is 8.93. The van der Waals surface area contributed by atoms with Gasteiger partial charge < -0.3 is 5.11 Å². The fraction of sp³-hybridized carbons (Fsp3) is 0.778. The van der Waals surface area contributed by atoms with Crippen LogP contribution in [0, 0.1) is 11.3 Å². The van der Waals surface area contributed by atoms with Gasteiger partial charge in [0, 0.05) is 12.3 Å². The number of hydrogen-bond acceptors (Lipinski definition) is 2. The molecule has 1 aliphatic carbocycles. The first-order valence-corrected chi connectivity index (χ1v) is 4.24. The van der Waals surface area contributed by atoms with Gasteiger partial charge in [0.15, 0.2) is 0 Å². The minimum atomic E-state index is -0.844. The summed E-state index contributed by atoms with van der Waals surface area (Å²) in [5.41, 5.74) is -0.824. The van der Waals surface area contributed by atoms with Gasteiger partial charge in [-0.05, 0) is 19.8 Å². The van der Waals surface area contributed by atoms with E-state index in [-0.39, 0.29) is 11.7 Å². The number of Topliss-reactive ketones (excluding diaryl/α,β-unsaturated/α-hetero) is 1. The molecule has 2 unspecified atom stereocenters. The number of aliphatic carboxylic acids is 1. The second-order valence-electron chi connectivity index (χ2n) is 3.76. The molecule has 1 saturated carbocycles. The zero-order valence-corrected chi connectivity index (χ0v) is 7.46.